The maximum absolute atomic E-state index is 11.0. The zero-order chi connectivity index (χ0) is 11.1. The number of methoxy groups -OCH3 is 1. The third-order valence-electron chi connectivity index (χ3n) is 1.43. The SMILES string of the molecule is COC(CNC(=O)NC(C)C)C(=O)O. The standard InChI is InChI=1S/C8H16N2O4/c1-5(2)10-8(13)9-4-6(14-3)7(11)12/h5-6H,4H2,1-3H3,(H,11,12)(H2,9,10,13). The average Bonchev–Trinajstić information content (AvgIpc) is 2.03. The van der Waals surface area contributed by atoms with Crippen molar-refractivity contribution in [3.63, 3.8) is 0 Å². The number of hydrogen-bond donors (Lipinski definition) is 3. The second kappa shape index (κ2) is 6.20. The van der Waals surface area contributed by atoms with Crippen LogP contribution in [0.3, 0.4) is 0 Å². The van der Waals surface area contributed by atoms with Crippen molar-refractivity contribution in [3.8, 4) is 0 Å². The number of hydrogen-bond acceptors (Lipinski definition) is 3. The molecule has 82 valence electrons. The van der Waals surface area contributed by atoms with Gasteiger partial charge in [0.1, 0.15) is 0 Å². The molecule has 14 heavy (non-hydrogen) atoms. The number of urea groups is 1. The van der Waals surface area contributed by atoms with Crippen molar-refractivity contribution in [2.45, 2.75) is 26.0 Å². The summed E-state index contributed by atoms with van der Waals surface area (Å²) >= 11 is 0. The summed E-state index contributed by atoms with van der Waals surface area (Å²) < 4.78 is 4.63. The van der Waals surface area contributed by atoms with Gasteiger partial charge in [0, 0.05) is 13.2 Å². The molecule has 2 amide bonds. The zero-order valence-electron chi connectivity index (χ0n) is 8.53. The van der Waals surface area contributed by atoms with Gasteiger partial charge in [0.25, 0.3) is 0 Å². The molecule has 0 bridgehead atoms. The number of carboxylic acid groups (broad SMARTS) is 1. The highest BCUT2D eigenvalue weighted by Crippen LogP contribution is 1.87. The lowest BCUT2D eigenvalue weighted by molar-refractivity contribution is -0.147. The summed E-state index contributed by atoms with van der Waals surface area (Å²) in [7, 11) is 1.28. The smallest absolute Gasteiger partial charge is 0.334 e. The first-order valence-electron chi connectivity index (χ1n) is 4.27. The molecular formula is C8H16N2O4. The van der Waals surface area contributed by atoms with Crippen molar-refractivity contribution in [2.75, 3.05) is 13.7 Å². The first-order chi connectivity index (χ1) is 6.47. The van der Waals surface area contributed by atoms with Gasteiger partial charge in [-0.25, -0.2) is 9.59 Å². The highest BCUT2D eigenvalue weighted by atomic mass is 16.5. The summed E-state index contributed by atoms with van der Waals surface area (Å²) in [5, 5.41) is 13.5. The fourth-order valence-corrected chi connectivity index (χ4v) is 0.770. The van der Waals surface area contributed by atoms with Crippen LogP contribution in [-0.4, -0.2) is 42.9 Å². The van der Waals surface area contributed by atoms with E-state index >= 15 is 0 Å². The predicted octanol–water partition coefficient (Wildman–Crippen LogP) is -0.206. The molecule has 0 saturated heterocycles. The average molecular weight is 204 g/mol. The molecule has 3 N–H and O–H groups in total. The monoisotopic (exact) mass is 204 g/mol. The van der Waals surface area contributed by atoms with E-state index in [1.165, 1.54) is 7.11 Å². The van der Waals surface area contributed by atoms with Crippen LogP contribution in [0.1, 0.15) is 13.8 Å². The van der Waals surface area contributed by atoms with Crippen LogP contribution in [0, 0.1) is 0 Å². The number of ether oxygens (including phenoxy) is 1. The van der Waals surface area contributed by atoms with Crippen LogP contribution in [0.15, 0.2) is 0 Å². The third kappa shape index (κ3) is 5.36. The second-order valence-corrected chi connectivity index (χ2v) is 3.07. The minimum Gasteiger partial charge on any atom is -0.479 e. The highest BCUT2D eigenvalue weighted by Gasteiger charge is 2.16. The van der Waals surface area contributed by atoms with E-state index in [9.17, 15) is 9.59 Å². The van der Waals surface area contributed by atoms with E-state index < -0.39 is 18.1 Å². The Hall–Kier alpha value is -1.30. The number of carbonyl (C=O) groups excluding carboxylic acids is 1. The number of carboxylic acids is 1. The third-order valence-corrected chi connectivity index (χ3v) is 1.43. The summed E-state index contributed by atoms with van der Waals surface area (Å²) in [6, 6.07) is -0.385. The zero-order valence-corrected chi connectivity index (χ0v) is 8.53. The lowest BCUT2D eigenvalue weighted by Crippen LogP contribution is -2.44. The van der Waals surface area contributed by atoms with Crippen molar-refractivity contribution in [3.05, 3.63) is 0 Å². The normalized spacial score (nSPS) is 12.3. The second-order valence-electron chi connectivity index (χ2n) is 3.07. The van der Waals surface area contributed by atoms with Gasteiger partial charge in [-0.1, -0.05) is 0 Å². The molecule has 0 aliphatic heterocycles. The molecular weight excluding hydrogens is 188 g/mol. The maximum Gasteiger partial charge on any atom is 0.334 e. The summed E-state index contributed by atoms with van der Waals surface area (Å²) in [6.07, 6.45) is -1.01. The van der Waals surface area contributed by atoms with Crippen molar-refractivity contribution >= 4 is 12.0 Å². The molecule has 0 saturated carbocycles. The van der Waals surface area contributed by atoms with Crippen molar-refractivity contribution in [1.82, 2.24) is 10.6 Å². The molecule has 6 nitrogen and oxygen atoms in total. The van der Waals surface area contributed by atoms with Gasteiger partial charge in [0.15, 0.2) is 6.10 Å². The van der Waals surface area contributed by atoms with Gasteiger partial charge in [-0.3, -0.25) is 0 Å². The molecule has 0 aromatic carbocycles. The first-order valence-corrected chi connectivity index (χ1v) is 4.27. The summed E-state index contributed by atoms with van der Waals surface area (Å²) in [5.74, 6) is -1.10. The van der Waals surface area contributed by atoms with Crippen LogP contribution < -0.4 is 10.6 Å². The number of carbonyl (C=O) groups is 2. The lowest BCUT2D eigenvalue weighted by Gasteiger charge is -2.13. The summed E-state index contributed by atoms with van der Waals surface area (Å²) in [5.41, 5.74) is 0. The molecule has 6 heteroatoms. The molecule has 1 atom stereocenters. The molecule has 0 aliphatic carbocycles. The molecule has 0 heterocycles. The van der Waals surface area contributed by atoms with Gasteiger partial charge in [0.2, 0.25) is 0 Å². The molecule has 1 unspecified atom stereocenters. The maximum atomic E-state index is 11.0. The molecule has 0 aliphatic rings. The van der Waals surface area contributed by atoms with Gasteiger partial charge >= 0.3 is 12.0 Å². The van der Waals surface area contributed by atoms with E-state index in [-0.39, 0.29) is 12.6 Å². The Morgan fingerprint density at radius 3 is 2.36 bits per heavy atom. The number of rotatable bonds is 5. The van der Waals surface area contributed by atoms with E-state index in [1.54, 1.807) is 0 Å². The molecule has 0 aromatic rings. The molecule has 0 radical (unpaired) electrons. The molecule has 0 fully saturated rings. The van der Waals surface area contributed by atoms with Gasteiger partial charge in [-0.2, -0.15) is 0 Å². The van der Waals surface area contributed by atoms with E-state index in [0.717, 1.165) is 0 Å². The van der Waals surface area contributed by atoms with Crippen molar-refractivity contribution < 1.29 is 19.4 Å². The van der Waals surface area contributed by atoms with Crippen LogP contribution in [0.2, 0.25) is 0 Å². The Bertz CT molecular complexity index is 206. The van der Waals surface area contributed by atoms with E-state index in [4.69, 9.17) is 5.11 Å². The quantitative estimate of drug-likeness (QED) is 0.578. The van der Waals surface area contributed by atoms with Crippen LogP contribution in [0.4, 0.5) is 4.79 Å². The Morgan fingerprint density at radius 2 is 2.00 bits per heavy atom. The fraction of sp³-hybridized carbons (Fsp3) is 0.750. The van der Waals surface area contributed by atoms with E-state index in [2.05, 4.69) is 15.4 Å². The Kier molecular flexibility index (Phi) is 5.62. The van der Waals surface area contributed by atoms with Crippen LogP contribution >= 0.6 is 0 Å². The van der Waals surface area contributed by atoms with E-state index in [0.29, 0.717) is 0 Å². The Labute approximate surface area is 82.6 Å². The topological polar surface area (TPSA) is 87.7 Å². The first kappa shape index (κ1) is 12.7. The lowest BCUT2D eigenvalue weighted by atomic mass is 10.3. The summed E-state index contributed by atoms with van der Waals surface area (Å²) in [6.45, 7) is 3.57. The van der Waals surface area contributed by atoms with E-state index in [1.807, 2.05) is 13.8 Å². The van der Waals surface area contributed by atoms with Gasteiger partial charge < -0.3 is 20.5 Å². The predicted molar refractivity (Wildman–Crippen MR) is 50.1 cm³/mol. The largest absolute Gasteiger partial charge is 0.479 e. The van der Waals surface area contributed by atoms with Crippen LogP contribution in [0.25, 0.3) is 0 Å². The Morgan fingerprint density at radius 1 is 1.43 bits per heavy atom. The number of nitrogens with one attached hydrogen (secondary N) is 2. The van der Waals surface area contributed by atoms with Crippen LogP contribution in [-0.2, 0) is 9.53 Å². The van der Waals surface area contributed by atoms with Crippen molar-refractivity contribution in [1.29, 1.82) is 0 Å². The Balaban J connectivity index is 3.80. The van der Waals surface area contributed by atoms with Gasteiger partial charge in [0.05, 0.1) is 6.54 Å². The van der Waals surface area contributed by atoms with Crippen LogP contribution in [0.5, 0.6) is 0 Å². The number of amides is 2. The highest BCUT2D eigenvalue weighted by molar-refractivity contribution is 5.76. The minimum absolute atomic E-state index is 0.0147. The van der Waals surface area contributed by atoms with Crippen molar-refractivity contribution in [2.24, 2.45) is 0 Å². The molecule has 0 aromatic heterocycles. The molecule has 0 spiro atoms. The molecule has 0 rings (SSSR count). The number of aliphatic carboxylic acids is 1. The minimum atomic E-state index is -1.10. The van der Waals surface area contributed by atoms with Gasteiger partial charge in [-0.15, -0.1) is 0 Å². The van der Waals surface area contributed by atoms with Gasteiger partial charge in [-0.05, 0) is 13.8 Å². The summed E-state index contributed by atoms with van der Waals surface area (Å²) in [4.78, 5) is 21.5. The fourth-order valence-electron chi connectivity index (χ4n) is 0.770.